The van der Waals surface area contributed by atoms with Crippen LogP contribution in [0.3, 0.4) is 0 Å². The van der Waals surface area contributed by atoms with E-state index < -0.39 is 5.97 Å². The van der Waals surface area contributed by atoms with Gasteiger partial charge in [0, 0.05) is 12.5 Å². The molecule has 0 aromatic heterocycles. The Morgan fingerprint density at radius 3 is 1.83 bits per heavy atom. The number of aliphatic carboxylic acids is 1. The summed E-state index contributed by atoms with van der Waals surface area (Å²) in [6.45, 7) is 4.16. The van der Waals surface area contributed by atoms with E-state index in [0.29, 0.717) is 0 Å². The summed E-state index contributed by atoms with van der Waals surface area (Å²) < 4.78 is 0. The van der Waals surface area contributed by atoms with Crippen molar-refractivity contribution in [2.24, 2.45) is 11.8 Å². The van der Waals surface area contributed by atoms with Gasteiger partial charge in [-0.2, -0.15) is 0 Å². The van der Waals surface area contributed by atoms with E-state index in [0.717, 1.165) is 31.1 Å². The maximum atomic E-state index is 10.3. The van der Waals surface area contributed by atoms with Crippen LogP contribution in [0.25, 0.3) is 0 Å². The standard InChI is InChI=1S/C25H45NO2.Na/c27-25(28)17-15-13-11-9-7-5-3-1-2-4-6-8-10-12-14-16-24-22-26-20-18-23(24)19-21-26;/h1,3,23-24H,2,4-22H2,(H,27,28);/q;+1/p-1/b3-1-;/t24-;/m0./s1. The molecule has 0 aliphatic carbocycles. The molecule has 3 aliphatic heterocycles. The third-order valence-corrected chi connectivity index (χ3v) is 6.91. The summed E-state index contributed by atoms with van der Waals surface area (Å²) in [4.78, 5) is 13.0. The molecule has 3 saturated heterocycles. The van der Waals surface area contributed by atoms with E-state index in [1.165, 1.54) is 103 Å². The van der Waals surface area contributed by atoms with Gasteiger partial charge in [0.25, 0.3) is 0 Å². The van der Waals surface area contributed by atoms with Crippen LogP contribution in [0.5, 0.6) is 0 Å². The molecule has 0 radical (unpaired) electrons. The maximum absolute atomic E-state index is 10.3. The van der Waals surface area contributed by atoms with Gasteiger partial charge in [-0.1, -0.05) is 63.5 Å². The first-order valence-electron chi connectivity index (χ1n) is 12.3. The topological polar surface area (TPSA) is 43.4 Å². The predicted octanol–water partition coefficient (Wildman–Crippen LogP) is 2.49. The van der Waals surface area contributed by atoms with E-state index in [4.69, 9.17) is 0 Å². The second-order valence-electron chi connectivity index (χ2n) is 9.25. The zero-order valence-corrected chi connectivity index (χ0v) is 21.2. The minimum atomic E-state index is -0.910. The number of unbranched alkanes of at least 4 members (excludes halogenated alkanes) is 11. The normalized spacial score (nSPS) is 23.4. The van der Waals surface area contributed by atoms with Crippen molar-refractivity contribution in [2.75, 3.05) is 19.6 Å². The van der Waals surface area contributed by atoms with Crippen LogP contribution in [0.4, 0.5) is 0 Å². The summed E-state index contributed by atoms with van der Waals surface area (Å²) in [6, 6.07) is 0. The summed E-state index contributed by atoms with van der Waals surface area (Å²) in [7, 11) is 0. The zero-order chi connectivity index (χ0) is 19.9. The van der Waals surface area contributed by atoms with Gasteiger partial charge < -0.3 is 14.8 Å². The fraction of sp³-hybridized carbons (Fsp3) is 0.880. The number of fused-ring (bicyclic) bond motifs is 3. The Morgan fingerprint density at radius 2 is 1.31 bits per heavy atom. The van der Waals surface area contributed by atoms with Crippen LogP contribution >= 0.6 is 0 Å². The van der Waals surface area contributed by atoms with Crippen LogP contribution in [-0.4, -0.2) is 30.5 Å². The fourth-order valence-electron chi connectivity index (χ4n) is 5.09. The molecule has 0 amide bonds. The molecule has 1 atom stereocenters. The van der Waals surface area contributed by atoms with Gasteiger partial charge in [-0.05, 0) is 82.7 Å². The second kappa shape index (κ2) is 17.8. The van der Waals surface area contributed by atoms with Crippen molar-refractivity contribution in [1.82, 2.24) is 4.90 Å². The monoisotopic (exact) mass is 413 g/mol. The molecular weight excluding hydrogens is 369 g/mol. The van der Waals surface area contributed by atoms with E-state index in [1.807, 2.05) is 0 Å². The number of nitrogens with zero attached hydrogens (tertiary/aromatic N) is 1. The van der Waals surface area contributed by atoms with Crippen LogP contribution < -0.4 is 34.7 Å². The molecule has 2 bridgehead atoms. The molecule has 3 fully saturated rings. The smallest absolute Gasteiger partial charge is 0.550 e. The molecule has 4 heteroatoms. The number of carbonyl (C=O) groups excluding carboxylic acids is 1. The Hall–Kier alpha value is 0.170. The molecule has 0 unspecified atom stereocenters. The molecule has 29 heavy (non-hydrogen) atoms. The number of carboxylic acids is 1. The minimum absolute atomic E-state index is 0. The van der Waals surface area contributed by atoms with Crippen LogP contribution in [0.1, 0.15) is 109 Å². The molecule has 0 N–H and O–H groups in total. The van der Waals surface area contributed by atoms with Crippen molar-refractivity contribution >= 4 is 5.97 Å². The van der Waals surface area contributed by atoms with E-state index in [2.05, 4.69) is 17.1 Å². The van der Waals surface area contributed by atoms with Crippen molar-refractivity contribution in [3.8, 4) is 0 Å². The summed E-state index contributed by atoms with van der Waals surface area (Å²) >= 11 is 0. The Labute approximate surface area is 202 Å². The number of piperidine rings is 3. The van der Waals surface area contributed by atoms with Gasteiger partial charge in [0.15, 0.2) is 0 Å². The Kier molecular flexibility index (Phi) is 16.7. The number of hydrogen-bond acceptors (Lipinski definition) is 3. The van der Waals surface area contributed by atoms with Crippen molar-refractivity contribution in [3.63, 3.8) is 0 Å². The molecule has 0 saturated carbocycles. The van der Waals surface area contributed by atoms with Crippen LogP contribution in [0, 0.1) is 11.8 Å². The first-order valence-corrected chi connectivity index (χ1v) is 12.3. The molecule has 162 valence electrons. The molecule has 0 aromatic rings. The quantitative estimate of drug-likeness (QED) is 0.209. The van der Waals surface area contributed by atoms with Crippen molar-refractivity contribution in [1.29, 1.82) is 0 Å². The van der Waals surface area contributed by atoms with E-state index >= 15 is 0 Å². The fourth-order valence-corrected chi connectivity index (χ4v) is 5.09. The van der Waals surface area contributed by atoms with Gasteiger partial charge in [-0.25, -0.2) is 0 Å². The van der Waals surface area contributed by atoms with Gasteiger partial charge >= 0.3 is 29.6 Å². The molecule has 0 aromatic carbocycles. The molecule has 3 aliphatic rings. The van der Waals surface area contributed by atoms with Crippen molar-refractivity contribution < 1.29 is 39.5 Å². The summed E-state index contributed by atoms with van der Waals surface area (Å²) in [5.41, 5.74) is 0. The molecular formula is C25H44NNaO2. The Morgan fingerprint density at radius 1 is 0.793 bits per heavy atom. The van der Waals surface area contributed by atoms with Crippen LogP contribution in [0.15, 0.2) is 12.2 Å². The molecule has 3 rings (SSSR count). The zero-order valence-electron chi connectivity index (χ0n) is 19.2. The largest absolute Gasteiger partial charge is 1.00 e. The Bertz CT molecular complexity index is 433. The first kappa shape index (κ1) is 27.2. The van der Waals surface area contributed by atoms with Crippen molar-refractivity contribution in [2.45, 2.75) is 109 Å². The van der Waals surface area contributed by atoms with Gasteiger partial charge in [-0.3, -0.25) is 0 Å². The van der Waals surface area contributed by atoms with E-state index in [9.17, 15) is 9.90 Å². The van der Waals surface area contributed by atoms with E-state index in [-0.39, 0.29) is 36.0 Å². The van der Waals surface area contributed by atoms with Gasteiger partial charge in [0.1, 0.15) is 0 Å². The molecule has 3 nitrogen and oxygen atoms in total. The average molecular weight is 414 g/mol. The number of rotatable bonds is 17. The predicted molar refractivity (Wildman–Crippen MR) is 116 cm³/mol. The minimum Gasteiger partial charge on any atom is -0.550 e. The molecule has 0 spiro atoms. The number of carbonyl (C=O) groups is 1. The SMILES string of the molecule is O=C([O-])CCCCCCC/C=C\CCCCCCCC[C@H]1CN2CCC1CC2.[Na+]. The van der Waals surface area contributed by atoms with Crippen molar-refractivity contribution in [3.05, 3.63) is 12.2 Å². The maximum Gasteiger partial charge on any atom is 1.00 e. The summed E-state index contributed by atoms with van der Waals surface area (Å²) in [6.07, 6.45) is 25.7. The second-order valence-corrected chi connectivity index (χ2v) is 9.25. The van der Waals surface area contributed by atoms with Crippen LogP contribution in [0.2, 0.25) is 0 Å². The molecule has 3 heterocycles. The summed E-state index contributed by atoms with van der Waals surface area (Å²) in [5.74, 6) is 1.17. The van der Waals surface area contributed by atoms with Crippen LogP contribution in [-0.2, 0) is 4.79 Å². The Balaban J connectivity index is 0.00000420. The summed E-state index contributed by atoms with van der Waals surface area (Å²) in [5, 5.41) is 10.3. The van der Waals surface area contributed by atoms with Gasteiger partial charge in [0.05, 0.1) is 0 Å². The third-order valence-electron chi connectivity index (χ3n) is 6.91. The first-order chi connectivity index (χ1) is 13.8. The number of carboxylic acid groups (broad SMARTS) is 1. The average Bonchev–Trinajstić information content (AvgIpc) is 2.71. The van der Waals surface area contributed by atoms with Gasteiger partial charge in [0.2, 0.25) is 0 Å². The number of allylic oxidation sites excluding steroid dienone is 2. The third kappa shape index (κ3) is 13.2. The number of hydrogen-bond donors (Lipinski definition) is 0. The van der Waals surface area contributed by atoms with Gasteiger partial charge in [-0.15, -0.1) is 0 Å². The van der Waals surface area contributed by atoms with E-state index in [1.54, 1.807) is 0 Å².